The van der Waals surface area contributed by atoms with Crippen molar-refractivity contribution < 1.29 is 54.2 Å². The minimum Gasteiger partial charge on any atom is -0.479 e. The molecule has 1 saturated carbocycles. The molecule has 0 spiro atoms. The van der Waals surface area contributed by atoms with Crippen LogP contribution in [-0.4, -0.2) is 90.4 Å². The molecule has 1 saturated heterocycles. The third-order valence-corrected chi connectivity index (χ3v) is 6.35. The largest absolute Gasteiger partial charge is 0.479 e. The minimum absolute atomic E-state index is 0.0909. The lowest BCUT2D eigenvalue weighted by molar-refractivity contribution is -0.187. The summed E-state index contributed by atoms with van der Waals surface area (Å²) in [6.45, 7) is 3.68. The van der Waals surface area contributed by atoms with Crippen molar-refractivity contribution in [3.05, 3.63) is 71.8 Å². The predicted molar refractivity (Wildman–Crippen MR) is 129 cm³/mol. The molecule has 1 aliphatic heterocycles. The quantitative estimate of drug-likeness (QED) is 0.205. The highest BCUT2D eigenvalue weighted by Crippen LogP contribution is 2.37. The van der Waals surface area contributed by atoms with E-state index < -0.39 is 57.7 Å². The SMILES string of the molecule is CC1(C)O[C@@H]2[C@H](O1)[C@@H](O)C[C@H]2N.O=C(O)C(O)(C(=O)c1ccccc1)C(O)(C(=O)O)C(=O)c1ccccc1. The summed E-state index contributed by atoms with van der Waals surface area (Å²) in [5.74, 6) is -8.62. The number of nitrogens with two attached hydrogens (primary N) is 1. The lowest BCUT2D eigenvalue weighted by Gasteiger charge is -2.34. The van der Waals surface area contributed by atoms with Crippen LogP contribution < -0.4 is 5.73 Å². The first-order valence-electron chi connectivity index (χ1n) is 11.6. The van der Waals surface area contributed by atoms with Crippen LogP contribution in [-0.2, 0) is 19.1 Å². The first-order valence-corrected chi connectivity index (χ1v) is 11.6. The molecule has 0 radical (unpaired) electrons. The number of fused-ring (bicyclic) bond motifs is 1. The van der Waals surface area contributed by atoms with Crippen LogP contribution in [0.5, 0.6) is 0 Å². The van der Waals surface area contributed by atoms with Crippen LogP contribution in [0.25, 0.3) is 0 Å². The van der Waals surface area contributed by atoms with Crippen LogP contribution >= 0.6 is 0 Å². The highest BCUT2D eigenvalue weighted by molar-refractivity contribution is 6.28. The van der Waals surface area contributed by atoms with E-state index >= 15 is 0 Å². The molecule has 12 heteroatoms. The summed E-state index contributed by atoms with van der Waals surface area (Å²) in [6.07, 6.45) is -0.248. The fraction of sp³-hybridized carbons (Fsp3) is 0.385. The van der Waals surface area contributed by atoms with Gasteiger partial charge in [0.1, 0.15) is 12.2 Å². The molecule has 0 bridgehead atoms. The number of ketones is 2. The molecule has 204 valence electrons. The zero-order valence-corrected chi connectivity index (χ0v) is 20.6. The van der Waals surface area contributed by atoms with Crippen LogP contribution in [0.2, 0.25) is 0 Å². The lowest BCUT2D eigenvalue weighted by atomic mass is 9.73. The summed E-state index contributed by atoms with van der Waals surface area (Å²) in [7, 11) is 0. The molecule has 1 aliphatic carbocycles. The first-order chi connectivity index (χ1) is 17.7. The van der Waals surface area contributed by atoms with E-state index in [1.807, 2.05) is 13.8 Å². The van der Waals surface area contributed by atoms with Crippen LogP contribution in [0.1, 0.15) is 41.0 Å². The normalized spacial score (nSPS) is 26.6. The van der Waals surface area contributed by atoms with Gasteiger partial charge in [0.25, 0.3) is 11.2 Å². The van der Waals surface area contributed by atoms with E-state index in [1.165, 1.54) is 36.4 Å². The second-order valence-corrected chi connectivity index (χ2v) is 9.45. The Hall–Kier alpha value is -3.52. The second kappa shape index (κ2) is 10.7. The van der Waals surface area contributed by atoms with Gasteiger partial charge in [0, 0.05) is 17.2 Å². The number of carboxylic acids is 2. The zero-order valence-electron chi connectivity index (χ0n) is 20.6. The number of hydrogen-bond acceptors (Lipinski definition) is 10. The van der Waals surface area contributed by atoms with Gasteiger partial charge < -0.3 is 40.7 Å². The molecule has 2 aromatic rings. The third-order valence-electron chi connectivity index (χ3n) is 6.35. The topological polar surface area (TPSA) is 214 Å². The number of carbonyl (C=O) groups is 4. The molecular formula is C26H29NO11. The van der Waals surface area contributed by atoms with E-state index in [9.17, 15) is 44.7 Å². The minimum atomic E-state index is -3.95. The maximum absolute atomic E-state index is 12.6. The number of hydrogen-bond donors (Lipinski definition) is 6. The molecule has 1 heterocycles. The van der Waals surface area contributed by atoms with Crippen molar-refractivity contribution in [1.82, 2.24) is 0 Å². The van der Waals surface area contributed by atoms with Crippen LogP contribution in [0.15, 0.2) is 60.7 Å². The Bertz CT molecular complexity index is 1110. The monoisotopic (exact) mass is 531 g/mol. The molecule has 6 atom stereocenters. The Balaban J connectivity index is 0.000000275. The molecule has 2 aromatic carbocycles. The standard InChI is InChI=1S/C18H14O8.C8H15NO3/c19-13(11-7-3-1-4-8-11)17(25,15(21)22)18(26,16(23)24)14(20)12-9-5-2-6-10-12;1-8(2)11-6-4(9)3-5(10)7(6)12-8/h1-10,25-26H,(H,21,22)(H,23,24);4-7,10H,3,9H2,1-2H3/t;4-,5+,6+,7-/m.1/s1. The van der Waals surface area contributed by atoms with Crippen molar-refractivity contribution in [3.63, 3.8) is 0 Å². The average molecular weight is 532 g/mol. The molecule has 2 fully saturated rings. The van der Waals surface area contributed by atoms with E-state index in [0.717, 1.165) is 24.3 Å². The zero-order chi connectivity index (χ0) is 28.5. The van der Waals surface area contributed by atoms with Crippen molar-refractivity contribution in [2.75, 3.05) is 0 Å². The first kappa shape index (κ1) is 29.0. The fourth-order valence-corrected chi connectivity index (χ4v) is 4.42. The predicted octanol–water partition coefficient (Wildman–Crippen LogP) is -0.0180. The van der Waals surface area contributed by atoms with Crippen LogP contribution in [0.3, 0.4) is 0 Å². The maximum atomic E-state index is 12.6. The smallest absolute Gasteiger partial charge is 0.348 e. The van der Waals surface area contributed by atoms with Crippen LogP contribution in [0, 0.1) is 0 Å². The summed E-state index contributed by atoms with van der Waals surface area (Å²) >= 11 is 0. The highest BCUT2D eigenvalue weighted by Gasteiger charge is 2.69. The Kier molecular flexibility index (Phi) is 8.17. The van der Waals surface area contributed by atoms with Gasteiger partial charge in [0.15, 0.2) is 5.79 Å². The maximum Gasteiger partial charge on any atom is 0.348 e. The number of carboxylic acid groups (broad SMARTS) is 2. The summed E-state index contributed by atoms with van der Waals surface area (Å²) < 4.78 is 11.1. The number of carbonyl (C=O) groups excluding carboxylic acids is 2. The summed E-state index contributed by atoms with van der Waals surface area (Å²) in [5.41, 5.74) is -2.92. The molecule has 38 heavy (non-hydrogen) atoms. The van der Waals surface area contributed by atoms with Gasteiger partial charge in [-0.05, 0) is 20.3 Å². The Morgan fingerprint density at radius 1 is 0.789 bits per heavy atom. The van der Waals surface area contributed by atoms with Gasteiger partial charge in [-0.25, -0.2) is 9.59 Å². The van der Waals surface area contributed by atoms with Gasteiger partial charge in [0.05, 0.1) is 6.10 Å². The molecule has 4 rings (SSSR count). The number of aliphatic hydroxyl groups is 3. The highest BCUT2D eigenvalue weighted by atomic mass is 16.8. The van der Waals surface area contributed by atoms with E-state index in [1.54, 1.807) is 0 Å². The lowest BCUT2D eigenvalue weighted by Crippen LogP contribution is -2.71. The number of aliphatic hydroxyl groups excluding tert-OH is 1. The Labute approximate surface area is 217 Å². The molecule has 2 unspecified atom stereocenters. The van der Waals surface area contributed by atoms with Crippen molar-refractivity contribution in [2.45, 2.75) is 61.6 Å². The number of benzene rings is 2. The third kappa shape index (κ3) is 5.10. The molecule has 0 aromatic heterocycles. The van der Waals surface area contributed by atoms with Gasteiger partial charge in [-0.1, -0.05) is 60.7 Å². The number of rotatable bonds is 7. The van der Waals surface area contributed by atoms with Crippen molar-refractivity contribution in [2.24, 2.45) is 5.73 Å². The van der Waals surface area contributed by atoms with E-state index in [0.29, 0.717) is 6.42 Å². The van der Waals surface area contributed by atoms with Gasteiger partial charge in [-0.15, -0.1) is 0 Å². The van der Waals surface area contributed by atoms with Gasteiger partial charge in [-0.2, -0.15) is 0 Å². The molecule has 7 N–H and O–H groups in total. The molecule has 2 aliphatic rings. The Morgan fingerprint density at radius 2 is 1.16 bits per heavy atom. The van der Waals surface area contributed by atoms with E-state index in [2.05, 4.69) is 0 Å². The van der Waals surface area contributed by atoms with Gasteiger partial charge in [-0.3, -0.25) is 9.59 Å². The molecule has 12 nitrogen and oxygen atoms in total. The van der Waals surface area contributed by atoms with Gasteiger partial charge in [0.2, 0.25) is 11.6 Å². The Morgan fingerprint density at radius 3 is 1.50 bits per heavy atom. The van der Waals surface area contributed by atoms with Crippen molar-refractivity contribution >= 4 is 23.5 Å². The van der Waals surface area contributed by atoms with Crippen molar-refractivity contribution in [3.8, 4) is 0 Å². The molecule has 0 amide bonds. The summed E-state index contributed by atoms with van der Waals surface area (Å²) in [6, 6.07) is 12.7. The summed E-state index contributed by atoms with van der Waals surface area (Å²) in [5, 5.41) is 49.4. The van der Waals surface area contributed by atoms with Crippen molar-refractivity contribution in [1.29, 1.82) is 0 Å². The fourth-order valence-electron chi connectivity index (χ4n) is 4.42. The van der Waals surface area contributed by atoms with E-state index in [4.69, 9.17) is 15.2 Å². The van der Waals surface area contributed by atoms with E-state index in [-0.39, 0.29) is 18.2 Å². The second-order valence-electron chi connectivity index (χ2n) is 9.45. The molecular weight excluding hydrogens is 502 g/mol. The van der Waals surface area contributed by atoms with Crippen LogP contribution in [0.4, 0.5) is 0 Å². The average Bonchev–Trinajstić information content (AvgIpc) is 3.35. The number of aliphatic carboxylic acids is 2. The number of ether oxygens (including phenoxy) is 2. The number of Topliss-reactive ketones (excluding diaryl/α,β-unsaturated/α-hetero) is 2. The summed E-state index contributed by atoms with van der Waals surface area (Å²) in [4.78, 5) is 48.5. The van der Waals surface area contributed by atoms with Gasteiger partial charge >= 0.3 is 11.9 Å².